The summed E-state index contributed by atoms with van der Waals surface area (Å²) in [7, 11) is 0. The van der Waals surface area contributed by atoms with Crippen LogP contribution in [-0.4, -0.2) is 11.1 Å². The highest BCUT2D eigenvalue weighted by Gasteiger charge is 2.38. The maximum absolute atomic E-state index is 12.0. The molecule has 2 N–H and O–H groups in total. The van der Waals surface area contributed by atoms with Crippen LogP contribution in [0.4, 0.5) is 5.69 Å². The maximum Gasteiger partial charge on any atom is 0.334 e. The summed E-state index contributed by atoms with van der Waals surface area (Å²) in [6.07, 6.45) is 0.443. The standard InChI is InChI=1S/C17H18BrNO2/c1-3-17(16(20)21,13-8-10-14(18)11-9-13)19-15-7-5-4-6-12(15)2/h4-11,19H,3H2,1-2H3,(H,20,21). The van der Waals surface area contributed by atoms with Gasteiger partial charge >= 0.3 is 5.97 Å². The molecule has 4 heteroatoms. The molecule has 1 unspecified atom stereocenters. The largest absolute Gasteiger partial charge is 0.479 e. The van der Waals surface area contributed by atoms with E-state index >= 15 is 0 Å². The molecule has 3 nitrogen and oxygen atoms in total. The minimum atomic E-state index is -1.13. The number of rotatable bonds is 5. The third kappa shape index (κ3) is 3.10. The van der Waals surface area contributed by atoms with Gasteiger partial charge in [-0.15, -0.1) is 0 Å². The molecular formula is C17H18BrNO2. The Balaban J connectivity index is 2.50. The average molecular weight is 348 g/mol. The van der Waals surface area contributed by atoms with Gasteiger partial charge in [0.15, 0.2) is 5.54 Å². The summed E-state index contributed by atoms with van der Waals surface area (Å²) in [4.78, 5) is 12.0. The number of halogens is 1. The lowest BCUT2D eigenvalue weighted by atomic mass is 9.86. The van der Waals surface area contributed by atoms with E-state index in [9.17, 15) is 9.90 Å². The molecular weight excluding hydrogens is 330 g/mol. The molecule has 0 aliphatic carbocycles. The van der Waals surface area contributed by atoms with Gasteiger partial charge in [-0.2, -0.15) is 0 Å². The number of hydrogen-bond donors (Lipinski definition) is 2. The Kier molecular flexibility index (Phi) is 4.68. The van der Waals surface area contributed by atoms with E-state index in [1.54, 1.807) is 0 Å². The molecule has 2 aromatic carbocycles. The Bertz CT molecular complexity index is 639. The van der Waals surface area contributed by atoms with Gasteiger partial charge in [0, 0.05) is 10.2 Å². The lowest BCUT2D eigenvalue weighted by molar-refractivity contribution is -0.142. The van der Waals surface area contributed by atoms with Crippen molar-refractivity contribution in [1.82, 2.24) is 0 Å². The van der Waals surface area contributed by atoms with Gasteiger partial charge in [0.2, 0.25) is 0 Å². The van der Waals surface area contributed by atoms with Crippen LogP contribution in [0.1, 0.15) is 24.5 Å². The summed E-state index contributed by atoms with van der Waals surface area (Å²) in [6, 6.07) is 15.1. The fraction of sp³-hybridized carbons (Fsp3) is 0.235. The maximum atomic E-state index is 12.0. The van der Waals surface area contributed by atoms with Crippen molar-refractivity contribution in [3.8, 4) is 0 Å². The van der Waals surface area contributed by atoms with Crippen molar-refractivity contribution in [1.29, 1.82) is 0 Å². The van der Waals surface area contributed by atoms with Crippen molar-refractivity contribution in [2.45, 2.75) is 25.8 Å². The van der Waals surface area contributed by atoms with E-state index in [4.69, 9.17) is 0 Å². The summed E-state index contributed by atoms with van der Waals surface area (Å²) in [5.41, 5.74) is 1.47. The van der Waals surface area contributed by atoms with Crippen LogP contribution < -0.4 is 5.32 Å². The predicted octanol–water partition coefficient (Wildman–Crippen LogP) is 4.56. The number of aliphatic carboxylic acids is 1. The number of para-hydroxylation sites is 1. The fourth-order valence-electron chi connectivity index (χ4n) is 2.37. The van der Waals surface area contributed by atoms with Crippen LogP contribution in [0, 0.1) is 6.92 Å². The van der Waals surface area contributed by atoms with Crippen LogP contribution in [0.15, 0.2) is 53.0 Å². The number of aryl methyl sites for hydroxylation is 1. The molecule has 0 spiro atoms. The van der Waals surface area contributed by atoms with Crippen molar-refractivity contribution >= 4 is 27.6 Å². The zero-order chi connectivity index (χ0) is 15.5. The molecule has 0 aliphatic heterocycles. The molecule has 2 rings (SSSR count). The second kappa shape index (κ2) is 6.31. The Morgan fingerprint density at radius 3 is 2.33 bits per heavy atom. The average Bonchev–Trinajstić information content (AvgIpc) is 2.47. The van der Waals surface area contributed by atoms with Gasteiger partial charge in [0.1, 0.15) is 0 Å². The number of carboxylic acids is 1. The minimum Gasteiger partial charge on any atom is -0.479 e. The SMILES string of the molecule is CCC(Nc1ccccc1C)(C(=O)O)c1ccc(Br)cc1. The van der Waals surface area contributed by atoms with Gasteiger partial charge in [-0.3, -0.25) is 0 Å². The van der Waals surface area contributed by atoms with Crippen LogP contribution >= 0.6 is 15.9 Å². The van der Waals surface area contributed by atoms with E-state index in [1.807, 2.05) is 62.4 Å². The molecule has 0 saturated carbocycles. The Morgan fingerprint density at radius 2 is 1.81 bits per heavy atom. The smallest absolute Gasteiger partial charge is 0.334 e. The third-order valence-corrected chi connectivity index (χ3v) is 4.25. The first-order valence-electron chi connectivity index (χ1n) is 6.83. The molecule has 0 heterocycles. The monoisotopic (exact) mass is 347 g/mol. The minimum absolute atomic E-state index is 0.443. The van der Waals surface area contributed by atoms with Crippen molar-refractivity contribution in [3.63, 3.8) is 0 Å². The summed E-state index contributed by atoms with van der Waals surface area (Å²) < 4.78 is 0.928. The van der Waals surface area contributed by atoms with Gasteiger partial charge in [-0.05, 0) is 42.7 Å². The number of carbonyl (C=O) groups is 1. The predicted molar refractivity (Wildman–Crippen MR) is 88.5 cm³/mol. The van der Waals surface area contributed by atoms with Gasteiger partial charge in [-0.1, -0.05) is 53.2 Å². The number of hydrogen-bond acceptors (Lipinski definition) is 2. The highest BCUT2D eigenvalue weighted by molar-refractivity contribution is 9.10. The van der Waals surface area contributed by atoms with Gasteiger partial charge in [0.05, 0.1) is 0 Å². The highest BCUT2D eigenvalue weighted by Crippen LogP contribution is 2.32. The van der Waals surface area contributed by atoms with Crippen LogP contribution in [-0.2, 0) is 10.3 Å². The molecule has 1 atom stereocenters. The topological polar surface area (TPSA) is 49.3 Å². The van der Waals surface area contributed by atoms with Gasteiger partial charge in [0.25, 0.3) is 0 Å². The number of nitrogens with one attached hydrogen (secondary N) is 1. The molecule has 0 bridgehead atoms. The second-order valence-electron chi connectivity index (χ2n) is 5.01. The van der Waals surface area contributed by atoms with Crippen LogP contribution in [0.5, 0.6) is 0 Å². The van der Waals surface area contributed by atoms with Crippen molar-refractivity contribution in [3.05, 3.63) is 64.1 Å². The molecule has 0 amide bonds. The molecule has 21 heavy (non-hydrogen) atoms. The van der Waals surface area contributed by atoms with E-state index in [0.29, 0.717) is 6.42 Å². The summed E-state index contributed by atoms with van der Waals surface area (Å²) in [6.45, 7) is 3.84. The number of anilines is 1. The quantitative estimate of drug-likeness (QED) is 0.833. The lowest BCUT2D eigenvalue weighted by Crippen LogP contribution is -2.43. The molecule has 0 aromatic heterocycles. The highest BCUT2D eigenvalue weighted by atomic mass is 79.9. The first-order chi connectivity index (χ1) is 9.99. The summed E-state index contributed by atoms with van der Waals surface area (Å²) in [5.74, 6) is -0.879. The zero-order valence-electron chi connectivity index (χ0n) is 12.1. The Labute approximate surface area is 133 Å². The van der Waals surface area contributed by atoms with E-state index in [1.165, 1.54) is 0 Å². The van der Waals surface area contributed by atoms with E-state index < -0.39 is 11.5 Å². The fourth-order valence-corrected chi connectivity index (χ4v) is 2.63. The molecule has 110 valence electrons. The Morgan fingerprint density at radius 1 is 1.19 bits per heavy atom. The van der Waals surface area contributed by atoms with Crippen LogP contribution in [0.2, 0.25) is 0 Å². The lowest BCUT2D eigenvalue weighted by Gasteiger charge is -2.32. The Hall–Kier alpha value is -1.81. The summed E-state index contributed by atoms with van der Waals surface area (Å²) >= 11 is 3.38. The molecule has 0 aliphatic rings. The molecule has 0 fully saturated rings. The normalized spacial score (nSPS) is 13.5. The van der Waals surface area contributed by atoms with Gasteiger partial charge in [-0.25, -0.2) is 4.79 Å². The number of benzene rings is 2. The molecule has 0 radical (unpaired) electrons. The zero-order valence-corrected chi connectivity index (χ0v) is 13.6. The first-order valence-corrected chi connectivity index (χ1v) is 7.62. The van der Waals surface area contributed by atoms with Crippen molar-refractivity contribution in [2.75, 3.05) is 5.32 Å². The van der Waals surface area contributed by atoms with E-state index in [2.05, 4.69) is 21.2 Å². The van der Waals surface area contributed by atoms with Crippen LogP contribution in [0.25, 0.3) is 0 Å². The van der Waals surface area contributed by atoms with Crippen molar-refractivity contribution < 1.29 is 9.90 Å². The second-order valence-corrected chi connectivity index (χ2v) is 5.93. The number of carboxylic acid groups (broad SMARTS) is 1. The van der Waals surface area contributed by atoms with E-state index in [-0.39, 0.29) is 0 Å². The van der Waals surface area contributed by atoms with Gasteiger partial charge < -0.3 is 10.4 Å². The molecule has 2 aromatic rings. The van der Waals surface area contributed by atoms with Crippen LogP contribution in [0.3, 0.4) is 0 Å². The summed E-state index contributed by atoms with van der Waals surface area (Å²) in [5, 5.41) is 13.1. The third-order valence-electron chi connectivity index (χ3n) is 3.73. The van der Waals surface area contributed by atoms with E-state index in [0.717, 1.165) is 21.3 Å². The molecule has 0 saturated heterocycles. The van der Waals surface area contributed by atoms with Crippen molar-refractivity contribution in [2.24, 2.45) is 0 Å². The first kappa shape index (κ1) is 15.6.